The topological polar surface area (TPSA) is 21.3 Å². The van der Waals surface area contributed by atoms with Crippen LogP contribution >= 0.6 is 15.9 Å². The van der Waals surface area contributed by atoms with Gasteiger partial charge in [-0.05, 0) is 24.7 Å². The maximum atomic E-state index is 14.1. The van der Waals surface area contributed by atoms with E-state index < -0.39 is 17.7 Å². The molecule has 0 spiro atoms. The van der Waals surface area contributed by atoms with Crippen molar-refractivity contribution in [3.63, 3.8) is 0 Å². The van der Waals surface area contributed by atoms with Gasteiger partial charge in [-0.25, -0.2) is 8.78 Å². The van der Waals surface area contributed by atoms with Crippen molar-refractivity contribution >= 4 is 15.9 Å². The lowest BCUT2D eigenvalue weighted by molar-refractivity contribution is 0.402. The van der Waals surface area contributed by atoms with Crippen molar-refractivity contribution in [3.05, 3.63) is 63.6 Å². The SMILES string of the molecule is CCNC(c1ccc(Br)cc1OC)c1cccc(F)c1F. The normalized spacial score (nSPS) is 12.2. The van der Waals surface area contributed by atoms with E-state index in [9.17, 15) is 8.78 Å². The summed E-state index contributed by atoms with van der Waals surface area (Å²) in [7, 11) is 1.55. The fourth-order valence-corrected chi connectivity index (χ4v) is 2.60. The van der Waals surface area contributed by atoms with E-state index in [1.807, 2.05) is 19.1 Å². The van der Waals surface area contributed by atoms with Gasteiger partial charge >= 0.3 is 0 Å². The second kappa shape index (κ2) is 7.00. The monoisotopic (exact) mass is 355 g/mol. The molecule has 112 valence electrons. The molecular weight excluding hydrogens is 340 g/mol. The molecule has 0 heterocycles. The van der Waals surface area contributed by atoms with Crippen molar-refractivity contribution in [3.8, 4) is 5.75 Å². The van der Waals surface area contributed by atoms with Crippen LogP contribution in [0.5, 0.6) is 5.75 Å². The molecule has 5 heteroatoms. The van der Waals surface area contributed by atoms with Crippen molar-refractivity contribution in [2.24, 2.45) is 0 Å². The smallest absolute Gasteiger partial charge is 0.163 e. The van der Waals surface area contributed by atoms with Crippen LogP contribution in [0.2, 0.25) is 0 Å². The first-order valence-electron chi connectivity index (χ1n) is 6.59. The fraction of sp³-hybridized carbons (Fsp3) is 0.250. The Balaban J connectivity index is 2.56. The van der Waals surface area contributed by atoms with E-state index in [2.05, 4.69) is 21.2 Å². The second-order valence-electron chi connectivity index (χ2n) is 4.52. The molecule has 0 saturated carbocycles. The molecule has 2 rings (SSSR count). The molecule has 0 bridgehead atoms. The molecule has 0 saturated heterocycles. The number of ether oxygens (including phenoxy) is 1. The van der Waals surface area contributed by atoms with E-state index in [4.69, 9.17) is 4.74 Å². The van der Waals surface area contributed by atoms with Gasteiger partial charge in [0.15, 0.2) is 11.6 Å². The molecule has 0 radical (unpaired) electrons. The van der Waals surface area contributed by atoms with Gasteiger partial charge in [-0.1, -0.05) is 41.1 Å². The summed E-state index contributed by atoms with van der Waals surface area (Å²) in [6.45, 7) is 2.52. The summed E-state index contributed by atoms with van der Waals surface area (Å²) in [4.78, 5) is 0. The predicted octanol–water partition coefficient (Wildman–Crippen LogP) is 4.43. The Morgan fingerprint density at radius 1 is 1.19 bits per heavy atom. The van der Waals surface area contributed by atoms with Crippen LogP contribution in [0.3, 0.4) is 0 Å². The minimum Gasteiger partial charge on any atom is -0.496 e. The summed E-state index contributed by atoms with van der Waals surface area (Å²) in [5.41, 5.74) is 1.02. The lowest BCUT2D eigenvalue weighted by Gasteiger charge is -2.22. The maximum absolute atomic E-state index is 14.1. The largest absolute Gasteiger partial charge is 0.496 e. The van der Waals surface area contributed by atoms with Crippen molar-refractivity contribution < 1.29 is 13.5 Å². The Morgan fingerprint density at radius 2 is 1.95 bits per heavy atom. The third-order valence-electron chi connectivity index (χ3n) is 3.21. The lowest BCUT2D eigenvalue weighted by Crippen LogP contribution is -2.24. The number of nitrogens with one attached hydrogen (secondary N) is 1. The molecule has 0 aliphatic rings. The average Bonchev–Trinajstić information content (AvgIpc) is 2.48. The molecule has 1 atom stereocenters. The van der Waals surface area contributed by atoms with Crippen molar-refractivity contribution in [1.82, 2.24) is 5.32 Å². The van der Waals surface area contributed by atoms with Crippen LogP contribution in [0.1, 0.15) is 24.1 Å². The zero-order valence-electron chi connectivity index (χ0n) is 11.8. The zero-order chi connectivity index (χ0) is 15.4. The Morgan fingerprint density at radius 3 is 2.62 bits per heavy atom. The second-order valence-corrected chi connectivity index (χ2v) is 5.44. The van der Waals surface area contributed by atoms with Crippen LogP contribution in [0.25, 0.3) is 0 Å². The number of methoxy groups -OCH3 is 1. The van der Waals surface area contributed by atoms with Crippen molar-refractivity contribution in [2.45, 2.75) is 13.0 Å². The zero-order valence-corrected chi connectivity index (χ0v) is 13.4. The fourth-order valence-electron chi connectivity index (χ4n) is 2.26. The van der Waals surface area contributed by atoms with E-state index in [-0.39, 0.29) is 5.56 Å². The van der Waals surface area contributed by atoms with Gasteiger partial charge in [0.25, 0.3) is 0 Å². The van der Waals surface area contributed by atoms with Crippen molar-refractivity contribution in [2.75, 3.05) is 13.7 Å². The molecule has 0 aromatic heterocycles. The number of rotatable bonds is 5. The Bertz CT molecular complexity index is 634. The van der Waals surface area contributed by atoms with Gasteiger partial charge in [0.1, 0.15) is 5.75 Å². The van der Waals surface area contributed by atoms with Crippen LogP contribution in [0.15, 0.2) is 40.9 Å². The van der Waals surface area contributed by atoms with E-state index in [1.165, 1.54) is 6.07 Å². The van der Waals surface area contributed by atoms with E-state index in [0.29, 0.717) is 12.3 Å². The highest BCUT2D eigenvalue weighted by Gasteiger charge is 2.22. The summed E-state index contributed by atoms with van der Waals surface area (Å²) in [5, 5.41) is 3.18. The van der Waals surface area contributed by atoms with Gasteiger partial charge in [-0.3, -0.25) is 0 Å². The van der Waals surface area contributed by atoms with Crippen LogP contribution in [-0.4, -0.2) is 13.7 Å². The Hall–Kier alpha value is -1.46. The van der Waals surface area contributed by atoms with Crippen LogP contribution in [0.4, 0.5) is 8.78 Å². The van der Waals surface area contributed by atoms with Crippen LogP contribution in [0, 0.1) is 11.6 Å². The van der Waals surface area contributed by atoms with Crippen molar-refractivity contribution in [1.29, 1.82) is 0 Å². The van der Waals surface area contributed by atoms with Crippen LogP contribution in [-0.2, 0) is 0 Å². The average molecular weight is 356 g/mol. The summed E-state index contributed by atoms with van der Waals surface area (Å²) >= 11 is 3.37. The number of hydrogen-bond acceptors (Lipinski definition) is 2. The highest BCUT2D eigenvalue weighted by molar-refractivity contribution is 9.10. The highest BCUT2D eigenvalue weighted by atomic mass is 79.9. The molecule has 2 nitrogen and oxygen atoms in total. The number of halogens is 3. The molecule has 2 aromatic carbocycles. The minimum atomic E-state index is -0.855. The highest BCUT2D eigenvalue weighted by Crippen LogP contribution is 2.33. The molecular formula is C16H16BrF2NO. The number of hydrogen-bond donors (Lipinski definition) is 1. The third kappa shape index (κ3) is 3.41. The first-order valence-corrected chi connectivity index (χ1v) is 7.38. The third-order valence-corrected chi connectivity index (χ3v) is 3.70. The standard InChI is InChI=1S/C16H16BrF2NO/c1-3-20-16(12-5-4-6-13(18)15(12)19)11-8-7-10(17)9-14(11)21-2/h4-9,16,20H,3H2,1-2H3. The Labute approximate surface area is 131 Å². The van der Waals surface area contributed by atoms with Gasteiger partial charge < -0.3 is 10.1 Å². The lowest BCUT2D eigenvalue weighted by atomic mass is 9.97. The summed E-state index contributed by atoms with van der Waals surface area (Å²) in [6, 6.07) is 9.20. The summed E-state index contributed by atoms with van der Waals surface area (Å²) < 4.78 is 33.8. The van der Waals surface area contributed by atoms with Gasteiger partial charge in [0, 0.05) is 15.6 Å². The van der Waals surface area contributed by atoms with Gasteiger partial charge in [0.2, 0.25) is 0 Å². The molecule has 2 aromatic rings. The van der Waals surface area contributed by atoms with Gasteiger partial charge in [0.05, 0.1) is 13.2 Å². The quantitative estimate of drug-likeness (QED) is 0.856. The predicted molar refractivity (Wildman–Crippen MR) is 82.6 cm³/mol. The molecule has 0 fully saturated rings. The molecule has 21 heavy (non-hydrogen) atoms. The molecule has 0 amide bonds. The molecule has 0 aliphatic carbocycles. The van der Waals surface area contributed by atoms with E-state index in [0.717, 1.165) is 16.1 Å². The first kappa shape index (κ1) is 15.9. The molecule has 0 aliphatic heterocycles. The number of benzene rings is 2. The summed E-state index contributed by atoms with van der Waals surface area (Å²) in [5.74, 6) is -1.08. The Kier molecular flexibility index (Phi) is 5.31. The van der Waals surface area contributed by atoms with Crippen LogP contribution < -0.4 is 10.1 Å². The van der Waals surface area contributed by atoms with E-state index in [1.54, 1.807) is 19.2 Å². The van der Waals surface area contributed by atoms with Gasteiger partial charge in [-0.15, -0.1) is 0 Å². The van der Waals surface area contributed by atoms with Gasteiger partial charge in [-0.2, -0.15) is 0 Å². The summed E-state index contributed by atoms with van der Waals surface area (Å²) in [6.07, 6.45) is 0. The first-order chi connectivity index (χ1) is 10.1. The van der Waals surface area contributed by atoms with E-state index >= 15 is 0 Å². The molecule has 1 unspecified atom stereocenters. The maximum Gasteiger partial charge on any atom is 0.163 e. The minimum absolute atomic E-state index is 0.262. The molecule has 1 N–H and O–H groups in total.